The highest BCUT2D eigenvalue weighted by Gasteiger charge is 2.40. The van der Waals surface area contributed by atoms with E-state index in [4.69, 9.17) is 9.47 Å². The molecule has 0 bridgehead atoms. The Hall–Kier alpha value is -3.25. The largest absolute Gasteiger partial charge is 0.480 e. The molecule has 3 N–H and O–H groups in total. The molecule has 0 radical (unpaired) electrons. The summed E-state index contributed by atoms with van der Waals surface area (Å²) >= 11 is 0. The first kappa shape index (κ1) is 34.0. The van der Waals surface area contributed by atoms with E-state index in [2.05, 4.69) is 10.6 Å². The first-order valence-corrected chi connectivity index (χ1v) is 14.4. The van der Waals surface area contributed by atoms with E-state index < -0.39 is 53.2 Å². The number of carbonyl (C=O) groups is 5. The quantitative estimate of drug-likeness (QED) is 0.203. The van der Waals surface area contributed by atoms with Crippen LogP contribution in [0.2, 0.25) is 5.82 Å². The molecule has 0 aromatic carbocycles. The van der Waals surface area contributed by atoms with Gasteiger partial charge < -0.3 is 30.1 Å². The molecule has 2 rings (SSSR count). The van der Waals surface area contributed by atoms with Gasteiger partial charge in [0.2, 0.25) is 11.8 Å². The molecule has 230 valence electrons. The number of ether oxygens (including phenoxy) is 2. The lowest BCUT2D eigenvalue weighted by molar-refractivity contribution is -0.143. The lowest BCUT2D eigenvalue weighted by atomic mass is 9.83. The van der Waals surface area contributed by atoms with Gasteiger partial charge in [0.1, 0.15) is 31.1 Å². The molecule has 0 aliphatic carbocycles. The average molecular weight is 579 g/mol. The summed E-state index contributed by atoms with van der Waals surface area (Å²) in [6.07, 6.45) is 4.84. The van der Waals surface area contributed by atoms with Crippen molar-refractivity contribution in [1.29, 1.82) is 0 Å². The van der Waals surface area contributed by atoms with Crippen LogP contribution in [-0.2, 0) is 23.9 Å². The smallest absolute Gasteiger partial charge is 0.411 e. The van der Waals surface area contributed by atoms with Gasteiger partial charge in [0.25, 0.3) is 0 Å². The summed E-state index contributed by atoms with van der Waals surface area (Å²) in [5.74, 6) is -2.46. The fraction of sp³-hybridized carbons (Fsp3) is 0.750. The van der Waals surface area contributed by atoms with Crippen LogP contribution in [0.3, 0.4) is 0 Å². The minimum absolute atomic E-state index is 0.0347. The van der Waals surface area contributed by atoms with Gasteiger partial charge in [-0.3, -0.25) is 14.5 Å². The number of carbonyl (C=O) groups excluding carboxylic acids is 4. The number of aliphatic carboxylic acids is 1. The third-order valence-corrected chi connectivity index (χ3v) is 6.82. The summed E-state index contributed by atoms with van der Waals surface area (Å²) in [5.41, 5.74) is -1.25. The van der Waals surface area contributed by atoms with Crippen molar-refractivity contribution < 1.29 is 38.6 Å². The molecule has 0 spiro atoms. The highest BCUT2D eigenvalue weighted by molar-refractivity contribution is 6.25. The molecule has 13 heteroatoms. The van der Waals surface area contributed by atoms with Crippen LogP contribution in [-0.4, -0.2) is 101 Å². The summed E-state index contributed by atoms with van der Waals surface area (Å²) in [5, 5.41) is 14.8. The van der Waals surface area contributed by atoms with Crippen LogP contribution in [0.25, 0.3) is 0 Å². The van der Waals surface area contributed by atoms with E-state index in [9.17, 15) is 29.1 Å². The van der Waals surface area contributed by atoms with E-state index in [1.54, 1.807) is 39.6 Å². The Balaban J connectivity index is 1.91. The third kappa shape index (κ3) is 10.6. The first-order valence-electron chi connectivity index (χ1n) is 14.4. The Morgan fingerprint density at radius 1 is 1.07 bits per heavy atom. The topological polar surface area (TPSA) is 155 Å². The van der Waals surface area contributed by atoms with Crippen LogP contribution in [0.4, 0.5) is 9.59 Å². The number of rotatable bonds is 10. The number of likely N-dealkylation sites (tertiary alicyclic amines) is 2. The standard InChI is InChI=1S/C28H47BN4O8/c1-17-16-18(33(17)26(39)41-28(5,6)7)12-13-19(29)23(35)32-15-9-11-21(32)22(34)31-20(24(36)37)10-8-14-30-25(38)40-27(2,3)4/h12-13,17-21H,8-11,14-16,29H2,1-7H3,(H,30,38)(H,31,34)(H,36,37)/b13-12+/t17?,18-,19+,20+,21+/m1/s1. The van der Waals surface area contributed by atoms with Crippen molar-refractivity contribution >= 4 is 37.8 Å². The van der Waals surface area contributed by atoms with E-state index in [0.717, 1.165) is 6.42 Å². The molecule has 2 fully saturated rings. The number of nitrogens with zero attached hydrogens (tertiary/aromatic N) is 2. The zero-order valence-corrected chi connectivity index (χ0v) is 25.7. The summed E-state index contributed by atoms with van der Waals surface area (Å²) in [7, 11) is 1.74. The molecule has 0 saturated carbocycles. The van der Waals surface area contributed by atoms with Crippen molar-refractivity contribution in [2.24, 2.45) is 0 Å². The van der Waals surface area contributed by atoms with Crippen molar-refractivity contribution in [1.82, 2.24) is 20.4 Å². The van der Waals surface area contributed by atoms with Gasteiger partial charge in [0.05, 0.1) is 6.04 Å². The number of hydrogen-bond acceptors (Lipinski definition) is 7. The molecule has 2 aliphatic rings. The van der Waals surface area contributed by atoms with Gasteiger partial charge in [-0.05, 0) is 80.6 Å². The molecular weight excluding hydrogens is 531 g/mol. The van der Waals surface area contributed by atoms with E-state index in [-0.39, 0.29) is 31.0 Å². The molecule has 0 aromatic rings. The van der Waals surface area contributed by atoms with E-state index in [0.29, 0.717) is 25.8 Å². The molecular formula is C28H47BN4O8. The van der Waals surface area contributed by atoms with Crippen LogP contribution in [0, 0.1) is 0 Å². The van der Waals surface area contributed by atoms with Gasteiger partial charge in [-0.15, -0.1) is 0 Å². The Morgan fingerprint density at radius 2 is 1.71 bits per heavy atom. The summed E-state index contributed by atoms with van der Waals surface area (Å²) in [4.78, 5) is 65.6. The molecule has 12 nitrogen and oxygen atoms in total. The van der Waals surface area contributed by atoms with E-state index in [1.807, 2.05) is 33.8 Å². The summed E-state index contributed by atoms with van der Waals surface area (Å²) in [6, 6.07) is -2.05. The molecule has 2 heterocycles. The Morgan fingerprint density at radius 3 is 2.27 bits per heavy atom. The van der Waals surface area contributed by atoms with E-state index in [1.165, 1.54) is 4.90 Å². The second-order valence-corrected chi connectivity index (χ2v) is 12.9. The van der Waals surface area contributed by atoms with Gasteiger partial charge >= 0.3 is 18.2 Å². The first-order chi connectivity index (χ1) is 18.9. The van der Waals surface area contributed by atoms with Crippen LogP contribution < -0.4 is 10.6 Å². The van der Waals surface area contributed by atoms with Crippen molar-refractivity contribution in [3.05, 3.63) is 12.2 Å². The maximum Gasteiger partial charge on any atom is 0.411 e. The van der Waals surface area contributed by atoms with Crippen LogP contribution in [0.1, 0.15) is 80.6 Å². The van der Waals surface area contributed by atoms with Crippen molar-refractivity contribution in [3.8, 4) is 0 Å². The minimum atomic E-state index is -1.19. The number of hydrogen-bond donors (Lipinski definition) is 3. The van der Waals surface area contributed by atoms with E-state index >= 15 is 0 Å². The number of alkyl carbamates (subject to hydrolysis) is 1. The average Bonchev–Trinajstić information content (AvgIpc) is 3.30. The van der Waals surface area contributed by atoms with Gasteiger partial charge in [0.15, 0.2) is 0 Å². The number of carboxylic acids is 1. The lowest BCUT2D eigenvalue weighted by Gasteiger charge is -2.45. The third-order valence-electron chi connectivity index (χ3n) is 6.82. The van der Waals surface area contributed by atoms with Crippen molar-refractivity contribution in [3.63, 3.8) is 0 Å². The fourth-order valence-corrected chi connectivity index (χ4v) is 4.84. The minimum Gasteiger partial charge on any atom is -0.480 e. The second kappa shape index (κ2) is 14.1. The predicted octanol–water partition coefficient (Wildman–Crippen LogP) is 2.23. The van der Waals surface area contributed by atoms with Crippen molar-refractivity contribution in [2.45, 2.75) is 122 Å². The van der Waals surface area contributed by atoms with Crippen LogP contribution in [0.15, 0.2) is 12.2 Å². The zero-order valence-electron chi connectivity index (χ0n) is 25.7. The Labute approximate surface area is 243 Å². The SMILES string of the molecule is B[C@@H](/C=C/[C@@H]1CC(C)N1C(=O)OC(C)(C)C)C(=O)N1CCC[C@H]1C(=O)N[C@@H](CCCNC(=O)OC(C)(C)C)C(=O)O. The zero-order chi connectivity index (χ0) is 31.1. The maximum atomic E-state index is 13.3. The molecule has 41 heavy (non-hydrogen) atoms. The van der Waals surface area contributed by atoms with Gasteiger partial charge in [0, 0.05) is 24.9 Å². The number of nitrogens with one attached hydrogen (secondary N) is 2. The number of amides is 4. The molecule has 2 aliphatic heterocycles. The fourth-order valence-electron chi connectivity index (χ4n) is 4.84. The second-order valence-electron chi connectivity index (χ2n) is 12.9. The highest BCUT2D eigenvalue weighted by Crippen LogP contribution is 2.30. The van der Waals surface area contributed by atoms with Gasteiger partial charge in [-0.2, -0.15) is 0 Å². The van der Waals surface area contributed by atoms with Gasteiger partial charge in [-0.25, -0.2) is 14.4 Å². The summed E-state index contributed by atoms with van der Waals surface area (Å²) in [6.45, 7) is 13.2. The molecule has 4 amide bonds. The van der Waals surface area contributed by atoms with Gasteiger partial charge in [-0.1, -0.05) is 12.2 Å². The lowest BCUT2D eigenvalue weighted by Crippen LogP contribution is -2.57. The Kier molecular flexibility index (Phi) is 11.7. The highest BCUT2D eigenvalue weighted by atomic mass is 16.6. The number of carboxylic acid groups (broad SMARTS) is 1. The Bertz CT molecular complexity index is 1010. The summed E-state index contributed by atoms with van der Waals surface area (Å²) < 4.78 is 10.6. The van der Waals surface area contributed by atoms with Crippen molar-refractivity contribution in [2.75, 3.05) is 13.1 Å². The molecule has 2 saturated heterocycles. The predicted molar refractivity (Wildman–Crippen MR) is 155 cm³/mol. The molecule has 0 aromatic heterocycles. The maximum absolute atomic E-state index is 13.3. The monoisotopic (exact) mass is 578 g/mol. The molecule has 1 unspecified atom stereocenters. The van der Waals surface area contributed by atoms with Crippen LogP contribution >= 0.6 is 0 Å². The normalized spacial score (nSPS) is 22.5. The van der Waals surface area contributed by atoms with Crippen LogP contribution in [0.5, 0.6) is 0 Å². The molecule has 5 atom stereocenters.